The van der Waals surface area contributed by atoms with Gasteiger partial charge in [0.05, 0.1) is 6.04 Å². The predicted octanol–water partition coefficient (Wildman–Crippen LogP) is 3.71. The van der Waals surface area contributed by atoms with Crippen molar-refractivity contribution in [2.24, 2.45) is 0 Å². The van der Waals surface area contributed by atoms with Gasteiger partial charge in [-0.25, -0.2) is 0 Å². The number of ether oxygens (including phenoxy) is 2. The SMILES string of the molecule is CCNC(c1ccc(C)o1)c1cc2c(cc1Cl)OCCO2. The first-order valence-electron chi connectivity index (χ1n) is 7.07. The van der Waals surface area contributed by atoms with Crippen molar-refractivity contribution in [3.05, 3.63) is 46.4 Å². The summed E-state index contributed by atoms with van der Waals surface area (Å²) >= 11 is 6.43. The van der Waals surface area contributed by atoms with Crippen LogP contribution >= 0.6 is 11.6 Å². The molecule has 21 heavy (non-hydrogen) atoms. The maximum atomic E-state index is 6.43. The fourth-order valence-electron chi connectivity index (χ4n) is 2.48. The van der Waals surface area contributed by atoms with Crippen molar-refractivity contribution in [3.8, 4) is 11.5 Å². The van der Waals surface area contributed by atoms with E-state index in [-0.39, 0.29) is 6.04 Å². The van der Waals surface area contributed by atoms with Crippen molar-refractivity contribution in [1.29, 1.82) is 0 Å². The number of furan rings is 1. The second-order valence-corrected chi connectivity index (χ2v) is 5.36. The first kappa shape index (κ1) is 14.3. The van der Waals surface area contributed by atoms with E-state index in [1.165, 1.54) is 0 Å². The lowest BCUT2D eigenvalue weighted by Crippen LogP contribution is -2.23. The van der Waals surface area contributed by atoms with Gasteiger partial charge < -0.3 is 19.2 Å². The predicted molar refractivity (Wildman–Crippen MR) is 81.4 cm³/mol. The van der Waals surface area contributed by atoms with Crippen LogP contribution in [0.15, 0.2) is 28.7 Å². The van der Waals surface area contributed by atoms with Crippen molar-refractivity contribution in [2.75, 3.05) is 19.8 Å². The quantitative estimate of drug-likeness (QED) is 0.935. The Morgan fingerprint density at radius 3 is 2.52 bits per heavy atom. The number of benzene rings is 1. The van der Waals surface area contributed by atoms with Gasteiger partial charge in [0.2, 0.25) is 0 Å². The maximum Gasteiger partial charge on any atom is 0.162 e. The van der Waals surface area contributed by atoms with Crippen LogP contribution in [-0.2, 0) is 0 Å². The molecule has 1 aliphatic heterocycles. The van der Waals surface area contributed by atoms with Gasteiger partial charge in [0.15, 0.2) is 11.5 Å². The lowest BCUT2D eigenvalue weighted by Gasteiger charge is -2.23. The van der Waals surface area contributed by atoms with Crippen molar-refractivity contribution < 1.29 is 13.9 Å². The summed E-state index contributed by atoms with van der Waals surface area (Å²) in [6, 6.07) is 7.56. The number of rotatable bonds is 4. The first-order chi connectivity index (χ1) is 10.2. The van der Waals surface area contributed by atoms with Crippen molar-refractivity contribution >= 4 is 11.6 Å². The van der Waals surface area contributed by atoms with Crippen LogP contribution in [0.4, 0.5) is 0 Å². The highest BCUT2D eigenvalue weighted by Gasteiger charge is 2.23. The first-order valence-corrected chi connectivity index (χ1v) is 7.45. The summed E-state index contributed by atoms with van der Waals surface area (Å²) in [5, 5.41) is 4.04. The minimum absolute atomic E-state index is 0.105. The zero-order valence-corrected chi connectivity index (χ0v) is 12.9. The summed E-state index contributed by atoms with van der Waals surface area (Å²) < 4.78 is 17.0. The zero-order valence-electron chi connectivity index (χ0n) is 12.1. The molecular weight excluding hydrogens is 290 g/mol. The Labute approximate surface area is 129 Å². The molecule has 0 aliphatic carbocycles. The van der Waals surface area contributed by atoms with E-state index in [9.17, 15) is 0 Å². The van der Waals surface area contributed by atoms with Gasteiger partial charge in [-0.1, -0.05) is 18.5 Å². The van der Waals surface area contributed by atoms with Crippen LogP contribution < -0.4 is 14.8 Å². The van der Waals surface area contributed by atoms with E-state index in [1.54, 1.807) is 0 Å². The van der Waals surface area contributed by atoms with Crippen molar-refractivity contribution in [3.63, 3.8) is 0 Å². The highest BCUT2D eigenvalue weighted by Crippen LogP contribution is 2.39. The minimum Gasteiger partial charge on any atom is -0.486 e. The van der Waals surface area contributed by atoms with Gasteiger partial charge in [0.1, 0.15) is 24.7 Å². The Morgan fingerprint density at radius 1 is 1.19 bits per heavy atom. The Balaban J connectivity index is 2.02. The number of fused-ring (bicyclic) bond motifs is 1. The molecule has 0 spiro atoms. The number of halogens is 1. The third kappa shape index (κ3) is 2.87. The summed E-state index contributed by atoms with van der Waals surface area (Å²) in [5.41, 5.74) is 0.928. The van der Waals surface area contributed by atoms with E-state index in [2.05, 4.69) is 12.2 Å². The molecule has 1 aromatic heterocycles. The van der Waals surface area contributed by atoms with Gasteiger partial charge in [0, 0.05) is 11.1 Å². The lowest BCUT2D eigenvalue weighted by molar-refractivity contribution is 0.171. The molecule has 2 aromatic rings. The summed E-state index contributed by atoms with van der Waals surface area (Å²) in [7, 11) is 0. The molecule has 3 rings (SSSR count). The number of hydrogen-bond acceptors (Lipinski definition) is 4. The average Bonchev–Trinajstić information content (AvgIpc) is 2.91. The van der Waals surface area contributed by atoms with Crippen molar-refractivity contribution in [2.45, 2.75) is 19.9 Å². The lowest BCUT2D eigenvalue weighted by atomic mass is 10.0. The van der Waals surface area contributed by atoms with Gasteiger partial charge in [-0.05, 0) is 37.2 Å². The largest absolute Gasteiger partial charge is 0.486 e. The Kier molecular flexibility index (Phi) is 4.08. The van der Waals surface area contributed by atoms with Crippen LogP contribution in [0.2, 0.25) is 5.02 Å². The zero-order chi connectivity index (χ0) is 14.8. The molecule has 0 radical (unpaired) electrons. The van der Waals surface area contributed by atoms with Gasteiger partial charge in [-0.3, -0.25) is 0 Å². The molecule has 0 bridgehead atoms. The van der Waals surface area contributed by atoms with Crippen LogP contribution in [0.25, 0.3) is 0 Å². The van der Waals surface area contributed by atoms with Gasteiger partial charge >= 0.3 is 0 Å². The molecule has 1 atom stereocenters. The van der Waals surface area contributed by atoms with E-state index >= 15 is 0 Å². The molecule has 4 nitrogen and oxygen atoms in total. The maximum absolute atomic E-state index is 6.43. The number of hydrogen-bond donors (Lipinski definition) is 1. The summed E-state index contributed by atoms with van der Waals surface area (Å²) in [6.07, 6.45) is 0. The van der Waals surface area contributed by atoms with Gasteiger partial charge in [-0.15, -0.1) is 0 Å². The number of aryl methyl sites for hydroxylation is 1. The topological polar surface area (TPSA) is 43.6 Å². The van der Waals surface area contributed by atoms with E-state index in [0.29, 0.717) is 24.0 Å². The Morgan fingerprint density at radius 2 is 1.90 bits per heavy atom. The molecule has 112 valence electrons. The van der Waals surface area contributed by atoms with Crippen LogP contribution in [0.3, 0.4) is 0 Å². The fraction of sp³-hybridized carbons (Fsp3) is 0.375. The molecule has 1 aromatic carbocycles. The summed E-state index contributed by atoms with van der Waals surface area (Å²) in [5.74, 6) is 3.14. The monoisotopic (exact) mass is 307 g/mol. The second-order valence-electron chi connectivity index (χ2n) is 4.96. The van der Waals surface area contributed by atoms with Crippen LogP contribution in [0.1, 0.15) is 30.0 Å². The highest BCUT2D eigenvalue weighted by molar-refractivity contribution is 6.31. The second kappa shape index (κ2) is 6.00. The third-order valence-electron chi connectivity index (χ3n) is 3.43. The molecule has 1 aliphatic rings. The highest BCUT2D eigenvalue weighted by atomic mass is 35.5. The molecule has 0 fully saturated rings. The molecule has 0 saturated heterocycles. The third-order valence-corrected chi connectivity index (χ3v) is 3.75. The smallest absolute Gasteiger partial charge is 0.162 e. The molecule has 1 N–H and O–H groups in total. The van der Waals surface area contributed by atoms with E-state index in [1.807, 2.05) is 31.2 Å². The molecule has 2 heterocycles. The van der Waals surface area contributed by atoms with Crippen LogP contribution in [0, 0.1) is 6.92 Å². The van der Waals surface area contributed by atoms with E-state index in [0.717, 1.165) is 29.4 Å². The molecule has 0 saturated carbocycles. The van der Waals surface area contributed by atoms with Crippen molar-refractivity contribution in [1.82, 2.24) is 5.32 Å². The summed E-state index contributed by atoms with van der Waals surface area (Å²) in [4.78, 5) is 0. The standard InChI is InChI=1S/C16H18ClNO3/c1-3-18-16(13-5-4-10(2)21-13)11-8-14-15(9-12(11)17)20-7-6-19-14/h4-5,8-9,16,18H,3,6-7H2,1-2H3. The molecular formula is C16H18ClNO3. The minimum atomic E-state index is -0.105. The Hall–Kier alpha value is -1.65. The molecule has 5 heteroatoms. The Bertz CT molecular complexity index is 638. The van der Waals surface area contributed by atoms with Crippen LogP contribution in [0.5, 0.6) is 11.5 Å². The normalized spacial score (nSPS) is 15.0. The van der Waals surface area contributed by atoms with Gasteiger partial charge in [0.25, 0.3) is 0 Å². The van der Waals surface area contributed by atoms with Crippen LogP contribution in [-0.4, -0.2) is 19.8 Å². The fourth-order valence-corrected chi connectivity index (χ4v) is 2.74. The van der Waals surface area contributed by atoms with E-state index < -0.39 is 0 Å². The van der Waals surface area contributed by atoms with Gasteiger partial charge in [-0.2, -0.15) is 0 Å². The molecule has 0 amide bonds. The summed E-state index contributed by atoms with van der Waals surface area (Å²) in [6.45, 7) is 5.89. The number of nitrogens with one attached hydrogen (secondary N) is 1. The average molecular weight is 308 g/mol. The molecule has 1 unspecified atom stereocenters. The van der Waals surface area contributed by atoms with E-state index in [4.69, 9.17) is 25.5 Å².